The highest BCUT2D eigenvalue weighted by molar-refractivity contribution is 8.09. The number of amides is 1. The van der Waals surface area contributed by atoms with E-state index in [0.717, 1.165) is 22.5 Å². The molecule has 1 saturated heterocycles. The Kier molecular flexibility index (Phi) is 4.09. The van der Waals surface area contributed by atoms with Gasteiger partial charge in [-0.3, -0.25) is 15.1 Å². The number of likely N-dealkylation sites (N-methyl/N-ethyl adjacent to an activating group) is 1. The lowest BCUT2D eigenvalue weighted by Crippen LogP contribution is -2.79. The number of nitrogens with one attached hydrogen (secondary N) is 2. The van der Waals surface area contributed by atoms with Gasteiger partial charge in [0.1, 0.15) is 5.41 Å². The van der Waals surface area contributed by atoms with Gasteiger partial charge in [-0.2, -0.15) is 5.26 Å². The molecule has 6 heteroatoms. The molecule has 2 heterocycles. The maximum atomic E-state index is 13.6. The number of guanidine groups is 1. The van der Waals surface area contributed by atoms with Crippen molar-refractivity contribution in [3.05, 3.63) is 76.9 Å². The van der Waals surface area contributed by atoms with Crippen LogP contribution in [0.5, 0.6) is 0 Å². The van der Waals surface area contributed by atoms with Gasteiger partial charge in [0.2, 0.25) is 5.91 Å². The summed E-state index contributed by atoms with van der Waals surface area (Å²) in [6.07, 6.45) is 3.68. The van der Waals surface area contributed by atoms with E-state index in [1.807, 2.05) is 30.3 Å². The average molecular weight is 415 g/mol. The van der Waals surface area contributed by atoms with Gasteiger partial charge in [-0.05, 0) is 48.6 Å². The van der Waals surface area contributed by atoms with Crippen LogP contribution in [0.3, 0.4) is 0 Å². The summed E-state index contributed by atoms with van der Waals surface area (Å²) in [6, 6.07) is 18.0. The third-order valence-corrected chi connectivity index (χ3v) is 8.51. The first-order valence-corrected chi connectivity index (χ1v) is 10.9. The SMILES string of the molecule is CN1C(=N)N[C@](C)(C2CC=C(c3cccc(C#N)c3)S2)[C@]2(Cc3ccccc32)C1=O. The standard InChI is InChI=1S/C24H22N4OS/c1-23(20-11-10-19(30-20)16-8-5-6-15(12-16)14-25)24(21(29)28(2)22(26)27-23)13-17-7-3-4-9-18(17)24/h3-10,12,20H,11,13H2,1-2H3,(H2,26,27)/t20?,23-,24+/m1/s1. The van der Waals surface area contributed by atoms with Crippen molar-refractivity contribution in [2.45, 2.75) is 36.0 Å². The van der Waals surface area contributed by atoms with E-state index in [1.165, 1.54) is 10.5 Å². The number of fused-ring (bicyclic) bond motifs is 2. The zero-order chi connectivity index (χ0) is 21.1. The van der Waals surface area contributed by atoms with Crippen LogP contribution >= 0.6 is 11.8 Å². The number of hydrogen-bond donors (Lipinski definition) is 2. The van der Waals surface area contributed by atoms with Gasteiger partial charge >= 0.3 is 0 Å². The number of benzene rings is 2. The van der Waals surface area contributed by atoms with Crippen molar-refractivity contribution in [3.8, 4) is 6.07 Å². The molecule has 1 aliphatic carbocycles. The van der Waals surface area contributed by atoms with Gasteiger partial charge in [-0.15, -0.1) is 11.8 Å². The molecule has 1 spiro atoms. The van der Waals surface area contributed by atoms with Crippen molar-refractivity contribution in [2.75, 3.05) is 7.05 Å². The lowest BCUT2D eigenvalue weighted by molar-refractivity contribution is -0.139. The molecule has 3 atom stereocenters. The van der Waals surface area contributed by atoms with Gasteiger partial charge in [0, 0.05) is 17.2 Å². The average Bonchev–Trinajstić information content (AvgIpc) is 3.24. The Morgan fingerprint density at radius 1 is 1.27 bits per heavy atom. The zero-order valence-corrected chi connectivity index (χ0v) is 17.7. The molecule has 2 aromatic rings. The van der Waals surface area contributed by atoms with Crippen LogP contribution in [0, 0.1) is 16.7 Å². The normalized spacial score (nSPS) is 29.7. The van der Waals surface area contributed by atoms with Crippen LogP contribution in [0.2, 0.25) is 0 Å². The number of carbonyl (C=O) groups excluding carboxylic acids is 1. The summed E-state index contributed by atoms with van der Waals surface area (Å²) in [5.41, 5.74) is 2.67. The van der Waals surface area contributed by atoms with E-state index in [9.17, 15) is 10.1 Å². The zero-order valence-electron chi connectivity index (χ0n) is 16.9. The fourth-order valence-corrected chi connectivity index (χ4v) is 6.62. The molecule has 2 aromatic carbocycles. The Hall–Kier alpha value is -3.04. The second kappa shape index (κ2) is 6.48. The summed E-state index contributed by atoms with van der Waals surface area (Å²) in [7, 11) is 1.68. The van der Waals surface area contributed by atoms with Crippen molar-refractivity contribution >= 4 is 28.5 Å². The van der Waals surface area contributed by atoms with Crippen LogP contribution in [0.4, 0.5) is 0 Å². The number of nitriles is 1. The minimum Gasteiger partial charge on any atom is -0.348 e. The minimum absolute atomic E-state index is 0.00650. The fourth-order valence-electron chi connectivity index (χ4n) is 5.17. The highest BCUT2D eigenvalue weighted by Crippen LogP contribution is 2.57. The molecular formula is C24H22N4OS. The molecule has 0 radical (unpaired) electrons. The molecule has 2 aliphatic heterocycles. The molecule has 0 aromatic heterocycles. The summed E-state index contributed by atoms with van der Waals surface area (Å²) in [6.45, 7) is 2.10. The third-order valence-electron chi connectivity index (χ3n) is 6.91. The Morgan fingerprint density at radius 3 is 2.83 bits per heavy atom. The van der Waals surface area contributed by atoms with Crippen LogP contribution in [0.15, 0.2) is 54.6 Å². The Balaban J connectivity index is 1.54. The van der Waals surface area contributed by atoms with Crippen molar-refractivity contribution < 1.29 is 4.79 Å². The Labute approximate surface area is 180 Å². The smallest absolute Gasteiger partial charge is 0.242 e. The summed E-state index contributed by atoms with van der Waals surface area (Å²) in [5, 5.41) is 21.2. The van der Waals surface area contributed by atoms with Gasteiger partial charge in [0.15, 0.2) is 5.96 Å². The van der Waals surface area contributed by atoms with Crippen molar-refractivity contribution in [2.24, 2.45) is 0 Å². The Morgan fingerprint density at radius 2 is 2.07 bits per heavy atom. The highest BCUT2D eigenvalue weighted by atomic mass is 32.2. The highest BCUT2D eigenvalue weighted by Gasteiger charge is 2.67. The predicted octanol–water partition coefficient (Wildman–Crippen LogP) is 3.65. The molecule has 5 nitrogen and oxygen atoms in total. The van der Waals surface area contributed by atoms with E-state index >= 15 is 0 Å². The number of allylic oxidation sites excluding steroid dienone is 1. The summed E-state index contributed by atoms with van der Waals surface area (Å²) < 4.78 is 0. The molecule has 0 bridgehead atoms. The van der Waals surface area contributed by atoms with Crippen LogP contribution in [-0.4, -0.2) is 34.6 Å². The predicted molar refractivity (Wildman–Crippen MR) is 119 cm³/mol. The van der Waals surface area contributed by atoms with E-state index in [1.54, 1.807) is 24.9 Å². The van der Waals surface area contributed by atoms with Gasteiger partial charge < -0.3 is 5.32 Å². The second-order valence-corrected chi connectivity index (χ2v) is 9.63. The molecule has 150 valence electrons. The molecule has 1 unspecified atom stereocenters. The molecule has 2 N–H and O–H groups in total. The fraction of sp³-hybridized carbons (Fsp3) is 0.292. The lowest BCUT2D eigenvalue weighted by Gasteiger charge is -2.60. The molecule has 1 fully saturated rings. The van der Waals surface area contributed by atoms with Crippen LogP contribution in [-0.2, 0) is 16.6 Å². The first kappa shape index (κ1) is 19.0. The maximum absolute atomic E-state index is 13.6. The number of carbonyl (C=O) groups is 1. The van der Waals surface area contributed by atoms with Gasteiger partial charge in [0.25, 0.3) is 0 Å². The summed E-state index contributed by atoms with van der Waals surface area (Å²) >= 11 is 1.74. The van der Waals surface area contributed by atoms with Gasteiger partial charge in [-0.1, -0.05) is 42.5 Å². The third kappa shape index (κ3) is 2.36. The summed E-state index contributed by atoms with van der Waals surface area (Å²) in [4.78, 5) is 16.2. The van der Waals surface area contributed by atoms with Crippen molar-refractivity contribution in [3.63, 3.8) is 0 Å². The topological polar surface area (TPSA) is 80.0 Å². The second-order valence-electron chi connectivity index (χ2n) is 8.38. The van der Waals surface area contributed by atoms with E-state index < -0.39 is 11.0 Å². The van der Waals surface area contributed by atoms with Crippen molar-refractivity contribution in [1.82, 2.24) is 10.2 Å². The van der Waals surface area contributed by atoms with E-state index in [-0.39, 0.29) is 17.1 Å². The Bertz CT molecular complexity index is 1170. The number of rotatable bonds is 2. The number of thioether (sulfide) groups is 1. The molecule has 5 rings (SSSR count). The van der Waals surface area contributed by atoms with Crippen molar-refractivity contribution in [1.29, 1.82) is 10.7 Å². The maximum Gasteiger partial charge on any atom is 0.242 e. The van der Waals surface area contributed by atoms with Gasteiger partial charge in [0.05, 0.1) is 17.2 Å². The molecular weight excluding hydrogens is 392 g/mol. The van der Waals surface area contributed by atoms with E-state index in [2.05, 4.69) is 36.5 Å². The molecule has 0 saturated carbocycles. The first-order valence-electron chi connectivity index (χ1n) is 10.0. The van der Waals surface area contributed by atoms with E-state index in [4.69, 9.17) is 5.41 Å². The summed E-state index contributed by atoms with van der Waals surface area (Å²) in [5.74, 6) is 0.144. The molecule has 3 aliphatic rings. The van der Waals surface area contributed by atoms with E-state index in [0.29, 0.717) is 12.0 Å². The number of hydrogen-bond acceptors (Lipinski definition) is 4. The van der Waals surface area contributed by atoms with Crippen LogP contribution in [0.25, 0.3) is 4.91 Å². The van der Waals surface area contributed by atoms with Crippen LogP contribution < -0.4 is 5.32 Å². The van der Waals surface area contributed by atoms with Crippen LogP contribution in [0.1, 0.15) is 35.6 Å². The lowest BCUT2D eigenvalue weighted by atomic mass is 9.52. The first-order chi connectivity index (χ1) is 14.4. The number of nitrogens with zero attached hydrogens (tertiary/aromatic N) is 2. The molecule has 1 amide bonds. The van der Waals surface area contributed by atoms with Gasteiger partial charge in [-0.25, -0.2) is 0 Å². The monoisotopic (exact) mass is 414 g/mol. The largest absolute Gasteiger partial charge is 0.348 e. The minimum atomic E-state index is -0.682. The molecule has 30 heavy (non-hydrogen) atoms. The quantitative estimate of drug-likeness (QED) is 0.786.